The highest BCUT2D eigenvalue weighted by Crippen LogP contribution is 2.63. The molecular weight excluding hydrogens is 1120 g/mol. The van der Waals surface area contributed by atoms with E-state index in [2.05, 4.69) is 294 Å². The van der Waals surface area contributed by atoms with Crippen LogP contribution in [0.3, 0.4) is 0 Å². The van der Waals surface area contributed by atoms with Crippen LogP contribution in [0.2, 0.25) is 13.1 Å². The molecule has 3 aromatic heterocycles. The van der Waals surface area contributed by atoms with Gasteiger partial charge in [0.1, 0.15) is 8.07 Å². The smallest absolute Gasteiger partial charge is 0.238 e. The van der Waals surface area contributed by atoms with Crippen molar-refractivity contribution in [1.82, 2.24) is 24.1 Å². The summed E-state index contributed by atoms with van der Waals surface area (Å²) < 4.78 is 4.72. The molecule has 7 heteroatoms. The molecule has 0 saturated heterocycles. The molecule has 16 aromatic rings. The van der Waals surface area contributed by atoms with E-state index in [9.17, 15) is 0 Å². The van der Waals surface area contributed by atoms with E-state index in [0.29, 0.717) is 17.6 Å². The number of anilines is 3. The maximum absolute atomic E-state index is 5.43. The Morgan fingerprint density at radius 1 is 0.297 bits per heavy atom. The van der Waals surface area contributed by atoms with Gasteiger partial charge < -0.3 is 9.47 Å². The second-order valence-electron chi connectivity index (χ2n) is 25.1. The van der Waals surface area contributed by atoms with E-state index >= 15 is 0 Å². The molecule has 3 aliphatic rings. The molecule has 6 nitrogen and oxygen atoms in total. The Morgan fingerprint density at radius 2 is 0.791 bits per heavy atom. The van der Waals surface area contributed by atoms with Crippen LogP contribution >= 0.6 is 0 Å². The monoisotopic (exact) mass is 1180 g/mol. The molecule has 0 N–H and O–H groups in total. The molecule has 13 aromatic carbocycles. The zero-order valence-electron chi connectivity index (χ0n) is 50.1. The first-order valence-corrected chi connectivity index (χ1v) is 34.4. The van der Waals surface area contributed by atoms with Gasteiger partial charge in [-0.1, -0.05) is 250 Å². The molecule has 0 amide bonds. The fourth-order valence-electron chi connectivity index (χ4n) is 16.0. The van der Waals surface area contributed by atoms with Gasteiger partial charge in [-0.2, -0.15) is 9.97 Å². The lowest BCUT2D eigenvalue weighted by molar-refractivity contribution is 0.794. The third-order valence-corrected chi connectivity index (χ3v) is 23.5. The quantitative estimate of drug-likeness (QED) is 0.142. The molecule has 1 spiro atoms. The highest BCUT2D eigenvalue weighted by Gasteiger charge is 2.51. The van der Waals surface area contributed by atoms with E-state index in [1.165, 1.54) is 87.7 Å². The van der Waals surface area contributed by atoms with Crippen molar-refractivity contribution in [2.45, 2.75) is 18.5 Å². The first-order chi connectivity index (χ1) is 44.9. The van der Waals surface area contributed by atoms with E-state index in [1.807, 2.05) is 36.4 Å². The van der Waals surface area contributed by atoms with Gasteiger partial charge >= 0.3 is 0 Å². The Bertz CT molecular complexity index is 5600. The molecule has 0 bridgehead atoms. The van der Waals surface area contributed by atoms with Gasteiger partial charge in [0, 0.05) is 55.4 Å². The van der Waals surface area contributed by atoms with Crippen molar-refractivity contribution in [3.05, 3.63) is 326 Å². The van der Waals surface area contributed by atoms with Crippen molar-refractivity contribution in [1.29, 1.82) is 0 Å². The highest BCUT2D eigenvalue weighted by molar-refractivity contribution is 7.04. The number of aromatic nitrogens is 5. The summed E-state index contributed by atoms with van der Waals surface area (Å²) in [6.07, 6.45) is 0. The van der Waals surface area contributed by atoms with Crippen LogP contribution in [-0.2, 0) is 5.41 Å². The number of hydrogen-bond donors (Lipinski definition) is 0. The summed E-state index contributed by atoms with van der Waals surface area (Å²) in [6.45, 7) is 4.99. The maximum atomic E-state index is 5.43. The van der Waals surface area contributed by atoms with Crippen LogP contribution in [0, 0.1) is 0 Å². The average Bonchev–Trinajstić information content (AvgIpc) is 1.52. The molecule has 4 heterocycles. The number of rotatable bonds is 8. The SMILES string of the molecule is C[Si]1(C)c2ccccc2-c2cc3c(cc21)c1ccc(-c2cccc(N(c4ccc5c(c4)-c4ccccc4C54c5ccccc5-c5ccccc54)c4ccc5c6ccccc6n(-c6ccccc6)c5c4)c2)cc1n3-c1nc(-c2ccccc2)nc(-c2ccccc2)n1. The van der Waals surface area contributed by atoms with Gasteiger partial charge in [0.25, 0.3) is 0 Å². The standard InChI is InChI=1S/C84H56N6Si/c1-91(2)79-40-21-16-35-67(79)70-51-78-69(52-80(70)91)66-44-41-56(48-76(66)90(78)83-86-81(53-23-6-3-7-24-53)85-82(87-83)54-25-8-4-9-26-54)55-27-22-30-58(47-55)88(60-42-45-65-64-34-15-20-39-75(64)89(77(65)50-60)57-28-10-5-11-29-57)59-43-46-74-68(49-59)63-33-14-19-38-73(63)84(74)71-36-17-12-31-61(71)62-32-13-18-37-72(62)84/h3-52H,1-2H3. The Labute approximate surface area is 528 Å². The highest BCUT2D eigenvalue weighted by atomic mass is 28.3. The molecule has 0 atom stereocenters. The third kappa shape index (κ3) is 7.44. The van der Waals surface area contributed by atoms with Crippen LogP contribution in [0.5, 0.6) is 0 Å². The normalized spacial score (nSPS) is 13.6. The maximum Gasteiger partial charge on any atom is 0.238 e. The molecule has 426 valence electrons. The number of nitrogens with zero attached hydrogens (tertiary/aromatic N) is 6. The topological polar surface area (TPSA) is 51.8 Å². The predicted octanol–water partition coefficient (Wildman–Crippen LogP) is 19.7. The van der Waals surface area contributed by atoms with Gasteiger partial charge in [0.2, 0.25) is 5.95 Å². The van der Waals surface area contributed by atoms with Crippen LogP contribution < -0.4 is 15.3 Å². The van der Waals surface area contributed by atoms with Gasteiger partial charge in [-0.3, -0.25) is 4.57 Å². The van der Waals surface area contributed by atoms with E-state index in [4.69, 9.17) is 15.0 Å². The van der Waals surface area contributed by atoms with Crippen molar-refractivity contribution in [2.24, 2.45) is 0 Å². The van der Waals surface area contributed by atoms with Crippen molar-refractivity contribution < 1.29 is 0 Å². The number of fused-ring (bicyclic) bond motifs is 19. The molecule has 19 rings (SSSR count). The van der Waals surface area contributed by atoms with Crippen LogP contribution in [0.25, 0.3) is 123 Å². The lowest BCUT2D eigenvalue weighted by Crippen LogP contribution is -2.49. The minimum Gasteiger partial charge on any atom is -0.310 e. The van der Waals surface area contributed by atoms with Gasteiger partial charge in [0.15, 0.2) is 11.6 Å². The molecular formula is C84H56N6Si. The summed E-state index contributed by atoms with van der Waals surface area (Å²) in [5.41, 5.74) is 25.2. The largest absolute Gasteiger partial charge is 0.310 e. The van der Waals surface area contributed by atoms with Crippen molar-refractivity contribution in [3.8, 4) is 78.9 Å². The molecule has 0 fully saturated rings. The van der Waals surface area contributed by atoms with Crippen LogP contribution in [0.4, 0.5) is 17.1 Å². The van der Waals surface area contributed by atoms with Gasteiger partial charge in [0.05, 0.1) is 27.5 Å². The predicted molar refractivity (Wildman–Crippen MR) is 378 cm³/mol. The summed E-state index contributed by atoms with van der Waals surface area (Å²) in [4.78, 5) is 18.5. The third-order valence-electron chi connectivity index (χ3n) is 20.0. The molecule has 0 unspecified atom stereocenters. The molecule has 91 heavy (non-hydrogen) atoms. The molecule has 1 aliphatic heterocycles. The lowest BCUT2D eigenvalue weighted by Gasteiger charge is -2.31. The van der Waals surface area contributed by atoms with Crippen molar-refractivity contribution >= 4 is 79.1 Å². The summed E-state index contributed by atoms with van der Waals surface area (Å²) >= 11 is 0. The molecule has 0 saturated carbocycles. The fourth-order valence-corrected chi connectivity index (χ4v) is 19.0. The Hall–Kier alpha value is -11.5. The number of para-hydroxylation sites is 2. The number of hydrogen-bond acceptors (Lipinski definition) is 4. The Balaban J connectivity index is 0.838. The van der Waals surface area contributed by atoms with Gasteiger partial charge in [-0.15, -0.1) is 0 Å². The zero-order chi connectivity index (χ0) is 60.1. The summed E-state index contributed by atoms with van der Waals surface area (Å²) in [6, 6.07) is 112. The van der Waals surface area contributed by atoms with Crippen LogP contribution in [0.1, 0.15) is 22.3 Å². The lowest BCUT2D eigenvalue weighted by atomic mass is 9.70. The second-order valence-corrected chi connectivity index (χ2v) is 29.4. The molecule has 0 radical (unpaired) electrons. The van der Waals surface area contributed by atoms with E-state index < -0.39 is 13.5 Å². The van der Waals surface area contributed by atoms with Crippen LogP contribution in [-0.4, -0.2) is 32.2 Å². The van der Waals surface area contributed by atoms with Crippen LogP contribution in [0.15, 0.2) is 303 Å². The van der Waals surface area contributed by atoms with Gasteiger partial charge in [-0.05, 0) is 144 Å². The van der Waals surface area contributed by atoms with Crippen molar-refractivity contribution in [2.75, 3.05) is 4.90 Å². The van der Waals surface area contributed by atoms with E-state index in [1.54, 1.807) is 0 Å². The first-order valence-electron chi connectivity index (χ1n) is 31.4. The minimum absolute atomic E-state index is 0.463. The van der Waals surface area contributed by atoms with E-state index in [-0.39, 0.29) is 0 Å². The second kappa shape index (κ2) is 19.5. The van der Waals surface area contributed by atoms with Gasteiger partial charge in [-0.25, -0.2) is 4.98 Å². The summed E-state index contributed by atoms with van der Waals surface area (Å²) in [7, 11) is -2.06. The molecule has 2 aliphatic carbocycles. The van der Waals surface area contributed by atoms with E-state index in [0.717, 1.165) is 66.9 Å². The summed E-state index contributed by atoms with van der Waals surface area (Å²) in [5.74, 6) is 1.81. The van der Waals surface area contributed by atoms with Crippen molar-refractivity contribution in [3.63, 3.8) is 0 Å². The Kier molecular flexibility index (Phi) is 11.0. The number of benzene rings is 13. The first kappa shape index (κ1) is 51.5. The zero-order valence-corrected chi connectivity index (χ0v) is 51.1. The summed E-state index contributed by atoms with van der Waals surface area (Å²) in [5, 5.41) is 7.68. The Morgan fingerprint density at radius 3 is 1.49 bits per heavy atom. The average molecular weight is 1180 g/mol. The fraction of sp³-hybridized carbons (Fsp3) is 0.0357. The minimum atomic E-state index is -2.06.